The van der Waals surface area contributed by atoms with Crippen LogP contribution in [0.4, 0.5) is 5.13 Å². The summed E-state index contributed by atoms with van der Waals surface area (Å²) >= 11 is 2.73. The first-order chi connectivity index (χ1) is 10.5. The van der Waals surface area contributed by atoms with Gasteiger partial charge >= 0.3 is 0 Å². The number of aromatic nitrogens is 3. The molecule has 0 aliphatic carbocycles. The molecule has 0 saturated carbocycles. The minimum absolute atomic E-state index is 0.171. The third kappa shape index (κ3) is 5.84. The maximum atomic E-state index is 12.0. The molecular weight excluding hydrogens is 326 g/mol. The zero-order valence-electron chi connectivity index (χ0n) is 12.4. The molecular formula is C12H17N5O3S2. The number of hydrogen-bond acceptors (Lipinski definition) is 8. The van der Waals surface area contributed by atoms with Crippen molar-refractivity contribution in [3.63, 3.8) is 0 Å². The van der Waals surface area contributed by atoms with Gasteiger partial charge in [0.2, 0.25) is 5.13 Å². The van der Waals surface area contributed by atoms with E-state index in [0.717, 1.165) is 23.7 Å². The van der Waals surface area contributed by atoms with Gasteiger partial charge in [-0.25, -0.2) is 4.98 Å². The highest BCUT2D eigenvalue weighted by molar-refractivity contribution is 7.15. The first kappa shape index (κ1) is 18.1. The largest absolute Gasteiger partial charge is 0.483 e. The number of carbonyl (C=O) groups is 2. The molecule has 10 heteroatoms. The summed E-state index contributed by atoms with van der Waals surface area (Å²) in [5.41, 5.74) is 2.40. The number of thiazole rings is 1. The number of nitrogens with zero attached hydrogens (tertiary/aromatic N) is 4. The third-order valence-electron chi connectivity index (χ3n) is 2.41. The highest BCUT2D eigenvalue weighted by Gasteiger charge is 2.14. The van der Waals surface area contributed by atoms with Gasteiger partial charge in [0.05, 0.1) is 11.2 Å². The van der Waals surface area contributed by atoms with Gasteiger partial charge < -0.3 is 10.0 Å². The van der Waals surface area contributed by atoms with Crippen LogP contribution >= 0.6 is 22.7 Å². The molecule has 1 amide bonds. The number of anilines is 1. The van der Waals surface area contributed by atoms with Crippen LogP contribution in [0.2, 0.25) is 0 Å². The van der Waals surface area contributed by atoms with E-state index in [2.05, 4.69) is 25.4 Å². The Labute approximate surface area is 135 Å². The Morgan fingerprint density at radius 1 is 1.45 bits per heavy atom. The van der Waals surface area contributed by atoms with Crippen LogP contribution in [0.15, 0.2) is 5.51 Å². The maximum Gasteiger partial charge on any atom is 0.290 e. The van der Waals surface area contributed by atoms with E-state index in [9.17, 15) is 4.79 Å². The molecule has 2 aromatic rings. The Morgan fingerprint density at radius 2 is 2.14 bits per heavy atom. The number of rotatable bonds is 5. The number of amides is 1. The highest BCUT2D eigenvalue weighted by Crippen LogP contribution is 2.19. The molecule has 0 radical (unpaired) electrons. The molecule has 0 unspecified atom stereocenters. The topological polar surface area (TPSA) is 108 Å². The summed E-state index contributed by atoms with van der Waals surface area (Å²) in [6, 6.07) is 0. The number of hydrogen-bond donors (Lipinski definition) is 2. The minimum Gasteiger partial charge on any atom is -0.483 e. The van der Waals surface area contributed by atoms with Crippen molar-refractivity contribution >= 4 is 40.2 Å². The summed E-state index contributed by atoms with van der Waals surface area (Å²) in [4.78, 5) is 27.1. The van der Waals surface area contributed by atoms with E-state index in [4.69, 9.17) is 9.90 Å². The van der Waals surface area contributed by atoms with Gasteiger partial charge in [0, 0.05) is 13.0 Å². The van der Waals surface area contributed by atoms with Gasteiger partial charge in [0.1, 0.15) is 9.88 Å². The predicted octanol–water partition coefficient (Wildman–Crippen LogP) is 1.36. The molecule has 0 fully saturated rings. The van der Waals surface area contributed by atoms with Crippen molar-refractivity contribution in [2.24, 2.45) is 0 Å². The summed E-state index contributed by atoms with van der Waals surface area (Å²) < 4.78 is 0. The number of aryl methyl sites for hydroxylation is 1. The zero-order chi connectivity index (χ0) is 16.5. The van der Waals surface area contributed by atoms with E-state index in [1.807, 2.05) is 21.0 Å². The van der Waals surface area contributed by atoms with Crippen LogP contribution in [-0.2, 0) is 11.2 Å². The van der Waals surface area contributed by atoms with Crippen molar-refractivity contribution in [1.82, 2.24) is 20.1 Å². The van der Waals surface area contributed by atoms with Gasteiger partial charge in [-0.15, -0.1) is 21.5 Å². The molecule has 0 aromatic carbocycles. The Kier molecular flexibility index (Phi) is 7.57. The van der Waals surface area contributed by atoms with Crippen molar-refractivity contribution < 1.29 is 14.7 Å². The fraction of sp³-hybridized carbons (Fsp3) is 0.417. The van der Waals surface area contributed by atoms with Crippen LogP contribution in [0.5, 0.6) is 0 Å². The smallest absolute Gasteiger partial charge is 0.290 e. The third-order valence-corrected chi connectivity index (χ3v) is 4.24. The molecule has 22 heavy (non-hydrogen) atoms. The first-order valence-corrected chi connectivity index (χ1v) is 7.94. The fourth-order valence-electron chi connectivity index (χ4n) is 1.40. The van der Waals surface area contributed by atoms with Crippen molar-refractivity contribution in [2.45, 2.75) is 13.3 Å². The summed E-state index contributed by atoms with van der Waals surface area (Å²) in [5, 5.41) is 19.1. The normalized spacial score (nSPS) is 10.0. The van der Waals surface area contributed by atoms with Crippen molar-refractivity contribution in [1.29, 1.82) is 0 Å². The number of likely N-dealkylation sites (N-methyl/N-ethyl adjacent to an activating group) is 1. The van der Waals surface area contributed by atoms with Crippen molar-refractivity contribution in [3.8, 4) is 0 Å². The molecule has 120 valence electrons. The standard InChI is InChI=1S/C11H15N5OS2.CH2O2/c1-7-9(18-6-12-7)10(17)13-11-15-14-8(19-11)4-5-16(2)3;2-1-3/h6H,4-5H2,1-3H3,(H,13,15,17);1H,(H,2,3). The second-order valence-electron chi connectivity index (χ2n) is 4.38. The van der Waals surface area contributed by atoms with E-state index in [0.29, 0.717) is 10.0 Å². The summed E-state index contributed by atoms with van der Waals surface area (Å²) in [5.74, 6) is -0.171. The van der Waals surface area contributed by atoms with E-state index >= 15 is 0 Å². The summed E-state index contributed by atoms with van der Waals surface area (Å²) in [6.45, 7) is 2.48. The highest BCUT2D eigenvalue weighted by atomic mass is 32.1. The number of carboxylic acid groups (broad SMARTS) is 1. The fourth-order valence-corrected chi connectivity index (χ4v) is 2.82. The Morgan fingerprint density at radius 3 is 2.68 bits per heavy atom. The molecule has 0 atom stereocenters. The molecule has 0 saturated heterocycles. The van der Waals surface area contributed by atoms with Crippen LogP contribution in [0.25, 0.3) is 0 Å². The quantitative estimate of drug-likeness (QED) is 0.789. The minimum atomic E-state index is -0.250. The molecule has 0 aliphatic rings. The average Bonchev–Trinajstić information content (AvgIpc) is 3.06. The molecule has 8 nitrogen and oxygen atoms in total. The van der Waals surface area contributed by atoms with Crippen LogP contribution < -0.4 is 5.32 Å². The van der Waals surface area contributed by atoms with Gasteiger partial charge in [-0.05, 0) is 21.0 Å². The average molecular weight is 343 g/mol. The molecule has 2 N–H and O–H groups in total. The van der Waals surface area contributed by atoms with Gasteiger partial charge in [-0.1, -0.05) is 11.3 Å². The molecule has 2 heterocycles. The summed E-state index contributed by atoms with van der Waals surface area (Å²) in [7, 11) is 4.02. The van der Waals surface area contributed by atoms with E-state index in [-0.39, 0.29) is 12.4 Å². The lowest BCUT2D eigenvalue weighted by Crippen LogP contribution is -2.14. The number of nitrogens with one attached hydrogen (secondary N) is 1. The number of carbonyl (C=O) groups excluding carboxylic acids is 1. The van der Waals surface area contributed by atoms with Crippen molar-refractivity contribution in [3.05, 3.63) is 21.1 Å². The Bertz CT molecular complexity index is 611. The monoisotopic (exact) mass is 343 g/mol. The molecule has 0 bridgehead atoms. The lowest BCUT2D eigenvalue weighted by atomic mass is 10.4. The second-order valence-corrected chi connectivity index (χ2v) is 6.30. The second kappa shape index (κ2) is 9.18. The molecule has 0 aliphatic heterocycles. The van der Waals surface area contributed by atoms with Gasteiger partial charge in [-0.2, -0.15) is 0 Å². The van der Waals surface area contributed by atoms with Gasteiger partial charge in [0.25, 0.3) is 12.4 Å². The molecule has 2 aromatic heterocycles. The zero-order valence-corrected chi connectivity index (χ0v) is 14.1. The van der Waals surface area contributed by atoms with Gasteiger partial charge in [0.15, 0.2) is 0 Å². The van der Waals surface area contributed by atoms with Crippen LogP contribution in [0.1, 0.15) is 20.4 Å². The summed E-state index contributed by atoms with van der Waals surface area (Å²) in [6.07, 6.45) is 0.833. The van der Waals surface area contributed by atoms with Crippen LogP contribution in [0, 0.1) is 6.92 Å². The van der Waals surface area contributed by atoms with Crippen LogP contribution in [-0.4, -0.2) is 58.2 Å². The molecule has 0 spiro atoms. The SMILES string of the molecule is Cc1ncsc1C(=O)Nc1nnc(CCN(C)C)s1.O=CO. The van der Waals surface area contributed by atoms with E-state index < -0.39 is 0 Å². The lowest BCUT2D eigenvalue weighted by molar-refractivity contribution is -0.122. The first-order valence-electron chi connectivity index (χ1n) is 6.24. The maximum absolute atomic E-state index is 12.0. The molecule has 2 rings (SSSR count). The Hall–Kier alpha value is -1.91. The van der Waals surface area contributed by atoms with E-state index in [1.54, 1.807) is 5.51 Å². The van der Waals surface area contributed by atoms with Crippen LogP contribution in [0.3, 0.4) is 0 Å². The Balaban J connectivity index is 0.000000745. The van der Waals surface area contributed by atoms with Crippen molar-refractivity contribution in [2.75, 3.05) is 26.0 Å². The van der Waals surface area contributed by atoms with E-state index in [1.165, 1.54) is 22.7 Å². The predicted molar refractivity (Wildman–Crippen MR) is 85.7 cm³/mol. The lowest BCUT2D eigenvalue weighted by Gasteiger charge is -2.05. The van der Waals surface area contributed by atoms with Gasteiger partial charge in [-0.3, -0.25) is 14.9 Å².